The Morgan fingerprint density at radius 2 is 1.02 bits per heavy atom. The summed E-state index contributed by atoms with van der Waals surface area (Å²) >= 11 is 0. The fourth-order valence-electron chi connectivity index (χ4n) is 8.59. The lowest BCUT2D eigenvalue weighted by molar-refractivity contribution is 0.669. The molecule has 0 aliphatic carbocycles. The molecule has 3 aromatic heterocycles. The molecule has 0 spiro atoms. The molecule has 0 saturated carbocycles. The summed E-state index contributed by atoms with van der Waals surface area (Å²) in [6.07, 6.45) is 0. The third kappa shape index (κ3) is 5.51. The third-order valence-corrected chi connectivity index (χ3v) is 11.4. The average molecular weight is 745 g/mol. The first-order chi connectivity index (χ1) is 28.6. The summed E-state index contributed by atoms with van der Waals surface area (Å²) in [7, 11) is 0. The van der Waals surface area contributed by atoms with E-state index in [1.165, 1.54) is 44.1 Å². The van der Waals surface area contributed by atoms with Gasteiger partial charge in [0.15, 0.2) is 17.5 Å². The van der Waals surface area contributed by atoms with Crippen LogP contribution in [0.1, 0.15) is 11.1 Å². The zero-order valence-electron chi connectivity index (χ0n) is 32.0. The van der Waals surface area contributed by atoms with Gasteiger partial charge in [-0.2, -0.15) is 0 Å². The standard InChI is InChI=1S/C53H36N4O/c1-33-15-12-13-22-40(33)41-27-28-42-44-31-37(25-29-46(44)57(50(42)34(41)2)39-20-10-5-11-21-39)38-26-30-47-45(32-38)49-43(23-14-24-48(49)58-47)53-55-51(35-16-6-3-7-17-35)54-52(56-53)36-18-8-4-9-19-36/h3-32H,1-2H3. The Labute approximate surface area is 335 Å². The number of aromatic nitrogens is 4. The Balaban J connectivity index is 1.10. The van der Waals surface area contributed by atoms with E-state index in [1.54, 1.807) is 0 Å². The third-order valence-electron chi connectivity index (χ3n) is 11.4. The molecule has 0 N–H and O–H groups in total. The molecule has 0 unspecified atom stereocenters. The van der Waals surface area contributed by atoms with Crippen molar-refractivity contribution in [3.8, 4) is 62.1 Å². The van der Waals surface area contributed by atoms with Crippen LogP contribution in [0.4, 0.5) is 0 Å². The second-order valence-electron chi connectivity index (χ2n) is 14.9. The molecule has 58 heavy (non-hydrogen) atoms. The Bertz CT molecular complexity index is 3290. The summed E-state index contributed by atoms with van der Waals surface area (Å²) in [5.74, 6) is 1.85. The van der Waals surface area contributed by atoms with Gasteiger partial charge >= 0.3 is 0 Å². The molecular weight excluding hydrogens is 709 g/mol. The Morgan fingerprint density at radius 1 is 0.414 bits per heavy atom. The molecular formula is C53H36N4O. The number of para-hydroxylation sites is 1. The van der Waals surface area contributed by atoms with E-state index in [2.05, 4.69) is 128 Å². The number of furan rings is 1. The summed E-state index contributed by atoms with van der Waals surface area (Å²) in [5, 5.41) is 4.42. The number of rotatable bonds is 6. The molecule has 5 nitrogen and oxygen atoms in total. The lowest BCUT2D eigenvalue weighted by atomic mass is 9.94. The molecule has 274 valence electrons. The van der Waals surface area contributed by atoms with E-state index in [-0.39, 0.29) is 0 Å². The van der Waals surface area contributed by atoms with E-state index >= 15 is 0 Å². The van der Waals surface area contributed by atoms with Crippen molar-refractivity contribution < 1.29 is 4.42 Å². The van der Waals surface area contributed by atoms with Crippen molar-refractivity contribution in [1.29, 1.82) is 0 Å². The van der Waals surface area contributed by atoms with Crippen LogP contribution in [0.3, 0.4) is 0 Å². The summed E-state index contributed by atoms with van der Waals surface area (Å²) < 4.78 is 8.93. The quantitative estimate of drug-likeness (QED) is 0.170. The van der Waals surface area contributed by atoms with Crippen LogP contribution in [0.5, 0.6) is 0 Å². The van der Waals surface area contributed by atoms with Gasteiger partial charge in [-0.15, -0.1) is 0 Å². The van der Waals surface area contributed by atoms with Crippen molar-refractivity contribution in [2.45, 2.75) is 13.8 Å². The molecule has 0 radical (unpaired) electrons. The molecule has 0 amide bonds. The molecule has 0 saturated heterocycles. The van der Waals surface area contributed by atoms with Gasteiger partial charge in [0.1, 0.15) is 11.2 Å². The first-order valence-electron chi connectivity index (χ1n) is 19.6. The highest BCUT2D eigenvalue weighted by Gasteiger charge is 2.21. The largest absolute Gasteiger partial charge is 0.456 e. The van der Waals surface area contributed by atoms with Crippen molar-refractivity contribution in [3.05, 3.63) is 193 Å². The van der Waals surface area contributed by atoms with Crippen LogP contribution in [0.2, 0.25) is 0 Å². The van der Waals surface area contributed by atoms with Gasteiger partial charge in [-0.25, -0.2) is 15.0 Å². The smallest absolute Gasteiger partial charge is 0.164 e. The van der Waals surface area contributed by atoms with Gasteiger partial charge in [-0.05, 0) is 89.7 Å². The number of hydrogen-bond acceptors (Lipinski definition) is 4. The van der Waals surface area contributed by atoms with Crippen LogP contribution in [0.25, 0.3) is 106 Å². The Morgan fingerprint density at radius 3 is 1.72 bits per heavy atom. The Hall–Kier alpha value is -7.63. The molecule has 0 bridgehead atoms. The predicted molar refractivity (Wildman–Crippen MR) is 238 cm³/mol. The van der Waals surface area contributed by atoms with Gasteiger partial charge in [-0.1, -0.05) is 140 Å². The van der Waals surface area contributed by atoms with Crippen molar-refractivity contribution in [2.75, 3.05) is 0 Å². The van der Waals surface area contributed by atoms with E-state index in [1.807, 2.05) is 72.8 Å². The second-order valence-corrected chi connectivity index (χ2v) is 14.9. The first-order valence-corrected chi connectivity index (χ1v) is 19.6. The van der Waals surface area contributed by atoms with Crippen LogP contribution in [-0.2, 0) is 0 Å². The van der Waals surface area contributed by atoms with Crippen molar-refractivity contribution in [2.24, 2.45) is 0 Å². The second kappa shape index (κ2) is 13.5. The lowest BCUT2D eigenvalue weighted by Crippen LogP contribution is -2.00. The van der Waals surface area contributed by atoms with Crippen molar-refractivity contribution in [1.82, 2.24) is 19.5 Å². The first kappa shape index (κ1) is 33.7. The number of aryl methyl sites for hydroxylation is 2. The summed E-state index contributed by atoms with van der Waals surface area (Å²) in [4.78, 5) is 15.1. The molecule has 11 aromatic rings. The van der Waals surface area contributed by atoms with E-state index in [4.69, 9.17) is 19.4 Å². The molecule has 11 rings (SSSR count). The van der Waals surface area contributed by atoms with Gasteiger partial charge in [0, 0.05) is 43.9 Å². The minimum atomic E-state index is 0.599. The molecule has 5 heteroatoms. The molecule has 0 fully saturated rings. The molecule has 3 heterocycles. The lowest BCUT2D eigenvalue weighted by Gasteiger charge is -2.14. The maximum atomic E-state index is 6.51. The highest BCUT2D eigenvalue weighted by molar-refractivity contribution is 6.15. The zero-order valence-corrected chi connectivity index (χ0v) is 32.0. The fraction of sp³-hybridized carbons (Fsp3) is 0.0377. The minimum Gasteiger partial charge on any atom is -0.456 e. The monoisotopic (exact) mass is 744 g/mol. The number of benzene rings is 8. The Kier molecular flexibility index (Phi) is 7.86. The number of hydrogen-bond donors (Lipinski definition) is 0. The van der Waals surface area contributed by atoms with E-state index in [0.717, 1.165) is 55.4 Å². The maximum absolute atomic E-state index is 6.51. The van der Waals surface area contributed by atoms with Crippen LogP contribution in [0, 0.1) is 13.8 Å². The van der Waals surface area contributed by atoms with Crippen molar-refractivity contribution in [3.63, 3.8) is 0 Å². The van der Waals surface area contributed by atoms with Gasteiger partial charge in [0.05, 0.1) is 11.0 Å². The van der Waals surface area contributed by atoms with E-state index in [9.17, 15) is 0 Å². The molecule has 0 aliphatic rings. The fourth-order valence-corrected chi connectivity index (χ4v) is 8.59. The van der Waals surface area contributed by atoms with Gasteiger partial charge in [-0.3, -0.25) is 0 Å². The highest BCUT2D eigenvalue weighted by Crippen LogP contribution is 2.42. The zero-order chi connectivity index (χ0) is 38.7. The van der Waals surface area contributed by atoms with Gasteiger partial charge in [0.25, 0.3) is 0 Å². The maximum Gasteiger partial charge on any atom is 0.164 e. The van der Waals surface area contributed by atoms with Gasteiger partial charge in [0.2, 0.25) is 0 Å². The molecule has 0 atom stereocenters. The summed E-state index contributed by atoms with van der Waals surface area (Å²) in [5.41, 5.74) is 15.2. The van der Waals surface area contributed by atoms with E-state index < -0.39 is 0 Å². The average Bonchev–Trinajstić information content (AvgIpc) is 3.83. The topological polar surface area (TPSA) is 56.7 Å². The van der Waals surface area contributed by atoms with E-state index in [0.29, 0.717) is 17.5 Å². The minimum absolute atomic E-state index is 0.599. The van der Waals surface area contributed by atoms with Crippen LogP contribution < -0.4 is 0 Å². The molecule has 8 aromatic carbocycles. The van der Waals surface area contributed by atoms with Crippen molar-refractivity contribution >= 4 is 43.7 Å². The number of fused-ring (bicyclic) bond motifs is 6. The van der Waals surface area contributed by atoms with Gasteiger partial charge < -0.3 is 8.98 Å². The summed E-state index contributed by atoms with van der Waals surface area (Å²) in [6.45, 7) is 4.45. The van der Waals surface area contributed by atoms with Crippen LogP contribution >= 0.6 is 0 Å². The predicted octanol–water partition coefficient (Wildman–Crippen LogP) is 13.8. The van der Waals surface area contributed by atoms with Crippen LogP contribution in [0.15, 0.2) is 186 Å². The SMILES string of the molecule is Cc1ccccc1-c1ccc2c3cc(-c4ccc5oc6cccc(-c7nc(-c8ccccc8)nc(-c8ccccc8)n7)c6c5c4)ccc3n(-c3ccccc3)c2c1C. The highest BCUT2D eigenvalue weighted by atomic mass is 16.3. The number of nitrogens with zero attached hydrogens (tertiary/aromatic N) is 4. The normalized spacial score (nSPS) is 11.6. The van der Waals surface area contributed by atoms with Crippen LogP contribution in [-0.4, -0.2) is 19.5 Å². The summed E-state index contributed by atoms with van der Waals surface area (Å²) in [6, 6.07) is 63.6. The molecule has 0 aliphatic heterocycles.